The summed E-state index contributed by atoms with van der Waals surface area (Å²) in [5.41, 5.74) is 6.78. The van der Waals surface area contributed by atoms with Gasteiger partial charge in [-0.2, -0.15) is 0 Å². The van der Waals surface area contributed by atoms with Gasteiger partial charge in [0, 0.05) is 22.2 Å². The number of hydrogen-bond acceptors (Lipinski definition) is 2. The van der Waals surface area contributed by atoms with Crippen LogP contribution in [0.15, 0.2) is 12.1 Å². The zero-order valence-corrected chi connectivity index (χ0v) is 12.0. The average Bonchev–Trinajstić information content (AvgIpc) is 2.63. The molecule has 0 amide bonds. The molecule has 98 valence electrons. The van der Waals surface area contributed by atoms with E-state index >= 15 is 0 Å². The predicted octanol–water partition coefficient (Wildman–Crippen LogP) is 3.96. The van der Waals surface area contributed by atoms with Crippen LogP contribution in [0.5, 0.6) is 5.75 Å². The molecule has 0 spiro atoms. The Morgan fingerprint density at radius 3 is 2.53 bits per heavy atom. The molecule has 1 N–H and O–H groups in total. The number of rotatable bonds is 1. The molecular formula is C16H18N2O. The van der Waals surface area contributed by atoms with Gasteiger partial charge in [-0.3, -0.25) is 4.98 Å². The number of pyridine rings is 1. The van der Waals surface area contributed by atoms with Gasteiger partial charge in [-0.15, -0.1) is 0 Å². The van der Waals surface area contributed by atoms with E-state index in [4.69, 9.17) is 9.72 Å². The first-order valence-electron chi connectivity index (χ1n) is 6.46. The van der Waals surface area contributed by atoms with Gasteiger partial charge < -0.3 is 9.72 Å². The zero-order valence-electron chi connectivity index (χ0n) is 12.0. The number of hydrogen-bond donors (Lipinski definition) is 1. The van der Waals surface area contributed by atoms with Crippen LogP contribution in [0.4, 0.5) is 0 Å². The van der Waals surface area contributed by atoms with E-state index in [1.165, 1.54) is 16.5 Å². The summed E-state index contributed by atoms with van der Waals surface area (Å²) in [5.74, 6) is 0.879. The smallest absolute Gasteiger partial charge is 0.143 e. The minimum Gasteiger partial charge on any atom is -0.495 e. The molecule has 0 bridgehead atoms. The minimum atomic E-state index is 0.879. The van der Waals surface area contributed by atoms with Gasteiger partial charge in [0.15, 0.2) is 0 Å². The van der Waals surface area contributed by atoms with Gasteiger partial charge in [-0.25, -0.2) is 0 Å². The molecule has 0 fully saturated rings. The number of benzene rings is 1. The molecule has 3 aromatic rings. The molecule has 0 saturated heterocycles. The van der Waals surface area contributed by atoms with Crippen LogP contribution in [-0.4, -0.2) is 17.1 Å². The SMILES string of the molecule is COc1cc2c(C)c(C)nc2c2c(C)cc(C)[nH]c12. The zero-order chi connectivity index (χ0) is 13.7. The van der Waals surface area contributed by atoms with Gasteiger partial charge in [-0.1, -0.05) is 0 Å². The van der Waals surface area contributed by atoms with Crippen molar-refractivity contribution in [3.63, 3.8) is 0 Å². The second-order valence-corrected chi connectivity index (χ2v) is 5.18. The summed E-state index contributed by atoms with van der Waals surface area (Å²) >= 11 is 0. The van der Waals surface area contributed by atoms with Crippen molar-refractivity contribution in [3.8, 4) is 5.75 Å². The number of nitrogens with zero attached hydrogens (tertiary/aromatic N) is 1. The summed E-state index contributed by atoms with van der Waals surface area (Å²) in [6.07, 6.45) is 0. The normalized spacial score (nSPS) is 11.4. The molecule has 0 aliphatic rings. The van der Waals surface area contributed by atoms with Crippen LogP contribution in [0.1, 0.15) is 22.5 Å². The Morgan fingerprint density at radius 1 is 1.11 bits per heavy atom. The van der Waals surface area contributed by atoms with Crippen LogP contribution in [0.25, 0.3) is 21.8 Å². The number of fused-ring (bicyclic) bond motifs is 3. The molecule has 2 aromatic heterocycles. The first-order valence-corrected chi connectivity index (χ1v) is 6.46. The molecule has 19 heavy (non-hydrogen) atoms. The lowest BCUT2D eigenvalue weighted by Crippen LogP contribution is -1.93. The number of aryl methyl sites for hydroxylation is 4. The van der Waals surface area contributed by atoms with E-state index in [-0.39, 0.29) is 0 Å². The molecule has 0 radical (unpaired) electrons. The van der Waals surface area contributed by atoms with Crippen molar-refractivity contribution in [2.75, 3.05) is 7.11 Å². The van der Waals surface area contributed by atoms with E-state index in [0.717, 1.165) is 33.6 Å². The maximum atomic E-state index is 5.55. The molecule has 3 heteroatoms. The summed E-state index contributed by atoms with van der Waals surface area (Å²) in [7, 11) is 1.71. The third kappa shape index (κ3) is 1.61. The van der Waals surface area contributed by atoms with Gasteiger partial charge in [-0.05, 0) is 51.0 Å². The Morgan fingerprint density at radius 2 is 1.84 bits per heavy atom. The number of H-pyrrole nitrogens is 1. The first-order chi connectivity index (χ1) is 9.02. The maximum Gasteiger partial charge on any atom is 0.143 e. The quantitative estimate of drug-likeness (QED) is 0.713. The summed E-state index contributed by atoms with van der Waals surface area (Å²) in [6.45, 7) is 8.36. The van der Waals surface area contributed by atoms with E-state index in [1.54, 1.807) is 7.11 Å². The first kappa shape index (κ1) is 12.0. The monoisotopic (exact) mass is 254 g/mol. The van der Waals surface area contributed by atoms with Crippen LogP contribution < -0.4 is 4.74 Å². The fraction of sp³-hybridized carbons (Fsp3) is 0.312. The van der Waals surface area contributed by atoms with E-state index in [1.807, 2.05) is 0 Å². The van der Waals surface area contributed by atoms with Crippen molar-refractivity contribution < 1.29 is 4.74 Å². The molecule has 3 nitrogen and oxygen atoms in total. The largest absolute Gasteiger partial charge is 0.495 e. The molecule has 0 saturated carbocycles. The molecule has 2 heterocycles. The molecule has 1 aromatic carbocycles. The lowest BCUT2D eigenvalue weighted by Gasteiger charge is -2.11. The highest BCUT2D eigenvalue weighted by Crippen LogP contribution is 2.36. The molecule has 0 aliphatic carbocycles. The fourth-order valence-electron chi connectivity index (χ4n) is 2.80. The lowest BCUT2D eigenvalue weighted by molar-refractivity contribution is 0.419. The number of aromatic amines is 1. The van der Waals surface area contributed by atoms with Gasteiger partial charge in [0.05, 0.1) is 18.1 Å². The van der Waals surface area contributed by atoms with Crippen LogP contribution >= 0.6 is 0 Å². The summed E-state index contributed by atoms with van der Waals surface area (Å²) in [5, 5.41) is 2.35. The Kier molecular flexibility index (Phi) is 2.52. The molecular weight excluding hydrogens is 236 g/mol. The Hall–Kier alpha value is -2.03. The number of ether oxygens (including phenoxy) is 1. The van der Waals surface area contributed by atoms with Crippen molar-refractivity contribution >= 4 is 21.8 Å². The van der Waals surface area contributed by atoms with E-state index in [0.29, 0.717) is 0 Å². The second-order valence-electron chi connectivity index (χ2n) is 5.18. The predicted molar refractivity (Wildman–Crippen MR) is 79.1 cm³/mol. The second kappa shape index (κ2) is 3.98. The van der Waals surface area contributed by atoms with Crippen LogP contribution in [0, 0.1) is 27.7 Å². The Labute approximate surface area is 112 Å². The minimum absolute atomic E-state index is 0.879. The van der Waals surface area contributed by atoms with Crippen molar-refractivity contribution in [1.82, 2.24) is 9.97 Å². The van der Waals surface area contributed by atoms with Crippen molar-refractivity contribution in [2.45, 2.75) is 27.7 Å². The Balaban J connectivity index is 2.62. The number of methoxy groups -OCH3 is 1. The fourth-order valence-corrected chi connectivity index (χ4v) is 2.80. The summed E-state index contributed by atoms with van der Waals surface area (Å²) in [4.78, 5) is 8.14. The third-order valence-corrected chi connectivity index (χ3v) is 3.86. The van der Waals surface area contributed by atoms with Crippen LogP contribution in [0.3, 0.4) is 0 Å². The summed E-state index contributed by atoms with van der Waals surface area (Å²) in [6, 6.07) is 4.24. The van der Waals surface area contributed by atoms with Crippen molar-refractivity contribution in [1.29, 1.82) is 0 Å². The summed E-state index contributed by atoms with van der Waals surface area (Å²) < 4.78 is 5.55. The van der Waals surface area contributed by atoms with Crippen molar-refractivity contribution in [3.05, 3.63) is 34.6 Å². The lowest BCUT2D eigenvalue weighted by atomic mass is 10.0. The van der Waals surface area contributed by atoms with Gasteiger partial charge >= 0.3 is 0 Å². The highest BCUT2D eigenvalue weighted by Gasteiger charge is 2.15. The van der Waals surface area contributed by atoms with Gasteiger partial charge in [0.1, 0.15) is 5.75 Å². The van der Waals surface area contributed by atoms with Crippen LogP contribution in [-0.2, 0) is 0 Å². The topological polar surface area (TPSA) is 37.9 Å². The highest BCUT2D eigenvalue weighted by atomic mass is 16.5. The Bertz CT molecular complexity index is 800. The number of aromatic nitrogens is 2. The number of nitrogens with one attached hydrogen (secondary N) is 1. The van der Waals surface area contributed by atoms with E-state index in [9.17, 15) is 0 Å². The molecule has 3 rings (SSSR count). The molecule has 0 atom stereocenters. The van der Waals surface area contributed by atoms with E-state index < -0.39 is 0 Å². The van der Waals surface area contributed by atoms with Crippen molar-refractivity contribution in [2.24, 2.45) is 0 Å². The average molecular weight is 254 g/mol. The molecule has 0 unspecified atom stereocenters. The van der Waals surface area contributed by atoms with Crippen LogP contribution in [0.2, 0.25) is 0 Å². The third-order valence-electron chi connectivity index (χ3n) is 3.86. The van der Waals surface area contributed by atoms with Gasteiger partial charge in [0.2, 0.25) is 0 Å². The molecule has 0 aliphatic heterocycles. The highest BCUT2D eigenvalue weighted by molar-refractivity contribution is 6.10. The standard InChI is InChI=1S/C16H18N2O/c1-8-6-9(2)17-16-13(19-5)7-12-10(3)11(4)18-15(12)14(8)16/h6-7,17H,1-5H3. The van der Waals surface area contributed by atoms with Gasteiger partial charge in [0.25, 0.3) is 0 Å². The maximum absolute atomic E-state index is 5.55. The van der Waals surface area contributed by atoms with E-state index in [2.05, 4.69) is 44.8 Å².